The summed E-state index contributed by atoms with van der Waals surface area (Å²) in [6.07, 6.45) is 6.49. The SMILES string of the molecule is CCCCN(CCCC[N+](C)(C)C)C(=O)CN1C[C@H](c2cc(CO)c3c(c2)OCO3)[C@@H](C(=O)O)[C@@H]1CCc1ncc(C)o1. The summed E-state index contributed by atoms with van der Waals surface area (Å²) in [5, 5.41) is 20.6. The maximum absolute atomic E-state index is 13.8. The van der Waals surface area contributed by atoms with E-state index in [9.17, 15) is 19.8 Å². The second-order valence-electron chi connectivity index (χ2n) is 12.9. The van der Waals surface area contributed by atoms with Crippen LogP contribution in [0.15, 0.2) is 22.7 Å². The lowest BCUT2D eigenvalue weighted by atomic mass is 9.83. The molecule has 43 heavy (non-hydrogen) atoms. The minimum Gasteiger partial charge on any atom is -0.481 e. The molecule has 0 radical (unpaired) electrons. The zero-order chi connectivity index (χ0) is 31.1. The highest BCUT2D eigenvalue weighted by Gasteiger charge is 2.47. The predicted octanol–water partition coefficient (Wildman–Crippen LogP) is 3.42. The van der Waals surface area contributed by atoms with Gasteiger partial charge in [0.1, 0.15) is 5.76 Å². The van der Waals surface area contributed by atoms with Crippen molar-refractivity contribution in [1.82, 2.24) is 14.8 Å². The number of aliphatic carboxylic acids is 1. The van der Waals surface area contributed by atoms with E-state index in [1.54, 1.807) is 6.20 Å². The molecule has 0 saturated carbocycles. The van der Waals surface area contributed by atoms with Crippen LogP contribution in [0.3, 0.4) is 0 Å². The molecule has 2 aromatic rings. The molecular weight excluding hydrogens is 552 g/mol. The Morgan fingerprint density at radius 2 is 1.91 bits per heavy atom. The molecule has 2 aliphatic heterocycles. The van der Waals surface area contributed by atoms with Crippen molar-refractivity contribution in [2.24, 2.45) is 5.92 Å². The van der Waals surface area contributed by atoms with Crippen LogP contribution < -0.4 is 9.47 Å². The number of aliphatic hydroxyl groups excluding tert-OH is 1. The van der Waals surface area contributed by atoms with E-state index in [2.05, 4.69) is 33.1 Å². The molecule has 11 nitrogen and oxygen atoms in total. The Hall–Kier alpha value is -3.15. The van der Waals surface area contributed by atoms with Crippen LogP contribution in [0.1, 0.15) is 67.7 Å². The van der Waals surface area contributed by atoms with Crippen LogP contribution in [0.5, 0.6) is 11.5 Å². The zero-order valence-electron chi connectivity index (χ0n) is 26.4. The Labute approximate surface area is 255 Å². The molecule has 0 unspecified atom stereocenters. The number of carbonyl (C=O) groups excluding carboxylic acids is 1. The molecule has 11 heteroatoms. The molecule has 238 valence electrons. The van der Waals surface area contributed by atoms with Gasteiger partial charge in [0.05, 0.1) is 53.0 Å². The number of unbranched alkanes of at least 4 members (excludes halogenated alkanes) is 2. The molecule has 0 aliphatic carbocycles. The van der Waals surface area contributed by atoms with Crippen LogP contribution in [0.25, 0.3) is 0 Å². The maximum atomic E-state index is 13.8. The summed E-state index contributed by atoms with van der Waals surface area (Å²) in [7, 11) is 6.52. The van der Waals surface area contributed by atoms with E-state index in [1.165, 1.54) is 0 Å². The average molecular weight is 602 g/mol. The van der Waals surface area contributed by atoms with Gasteiger partial charge in [-0.25, -0.2) is 4.98 Å². The van der Waals surface area contributed by atoms with Gasteiger partial charge >= 0.3 is 5.97 Å². The standard InChI is InChI=1S/C32H48N4O7/c1-6-7-12-34(13-8-9-14-36(3,4)5)29(38)19-35-18-25(23-15-24(20-37)31-27(16-23)41-21-42-31)30(32(39)40)26(35)10-11-28-33-17-22(2)43-28/h15-17,25-26,30,37H,6-14,18-21H2,1-5H3/p+1/t25-,26+,30-/m1/s1. The molecule has 1 fully saturated rings. The molecule has 0 spiro atoms. The van der Waals surface area contributed by atoms with Gasteiger partial charge in [-0.2, -0.15) is 0 Å². The van der Waals surface area contributed by atoms with E-state index < -0.39 is 23.8 Å². The Morgan fingerprint density at radius 1 is 1.14 bits per heavy atom. The van der Waals surface area contributed by atoms with E-state index in [-0.39, 0.29) is 25.9 Å². The summed E-state index contributed by atoms with van der Waals surface area (Å²) in [5.41, 5.74) is 1.32. The number of carbonyl (C=O) groups is 2. The molecule has 1 amide bonds. The topological polar surface area (TPSA) is 126 Å². The average Bonchev–Trinajstić information content (AvgIpc) is 3.68. The molecule has 1 aromatic carbocycles. The zero-order valence-corrected chi connectivity index (χ0v) is 26.4. The molecule has 1 saturated heterocycles. The number of benzene rings is 1. The Balaban J connectivity index is 1.58. The van der Waals surface area contributed by atoms with Crippen LogP contribution in [0, 0.1) is 12.8 Å². The molecule has 0 bridgehead atoms. The highest BCUT2D eigenvalue weighted by Crippen LogP contribution is 2.44. The number of aliphatic hydroxyl groups is 1. The fourth-order valence-corrected chi connectivity index (χ4v) is 6.29. The Bertz CT molecular complexity index is 1240. The number of ether oxygens (including phenoxy) is 2. The molecular formula is C32H49N4O7+. The number of carboxylic acids is 1. The highest BCUT2D eigenvalue weighted by atomic mass is 16.7. The van der Waals surface area contributed by atoms with Gasteiger partial charge in [-0.05, 0) is 50.3 Å². The molecule has 2 aliphatic rings. The van der Waals surface area contributed by atoms with Crippen molar-refractivity contribution in [3.63, 3.8) is 0 Å². The highest BCUT2D eigenvalue weighted by molar-refractivity contribution is 5.79. The summed E-state index contributed by atoms with van der Waals surface area (Å²) < 4.78 is 17.7. The second-order valence-corrected chi connectivity index (χ2v) is 12.9. The van der Waals surface area contributed by atoms with Crippen LogP contribution in [-0.2, 0) is 22.6 Å². The third-order valence-corrected chi connectivity index (χ3v) is 8.51. The van der Waals surface area contributed by atoms with Crippen molar-refractivity contribution >= 4 is 11.9 Å². The summed E-state index contributed by atoms with van der Waals surface area (Å²) >= 11 is 0. The van der Waals surface area contributed by atoms with Gasteiger partial charge in [0.25, 0.3) is 0 Å². The summed E-state index contributed by atoms with van der Waals surface area (Å²) in [6.45, 7) is 6.73. The van der Waals surface area contributed by atoms with Gasteiger partial charge in [0.15, 0.2) is 17.4 Å². The first kappa shape index (κ1) is 32.8. The van der Waals surface area contributed by atoms with E-state index in [4.69, 9.17) is 13.9 Å². The van der Waals surface area contributed by atoms with Crippen LogP contribution in [0.2, 0.25) is 0 Å². The molecule has 4 rings (SSSR count). The maximum Gasteiger partial charge on any atom is 0.308 e. The number of likely N-dealkylation sites (tertiary alicyclic amines) is 1. The van der Waals surface area contributed by atoms with E-state index in [0.717, 1.165) is 42.3 Å². The number of carboxylic acid groups (broad SMARTS) is 1. The van der Waals surface area contributed by atoms with Crippen LogP contribution in [0.4, 0.5) is 0 Å². The van der Waals surface area contributed by atoms with Crippen molar-refractivity contribution in [1.29, 1.82) is 0 Å². The number of aromatic nitrogens is 1. The van der Waals surface area contributed by atoms with E-state index >= 15 is 0 Å². The third kappa shape index (κ3) is 8.49. The lowest BCUT2D eigenvalue weighted by Crippen LogP contribution is -2.45. The van der Waals surface area contributed by atoms with Crippen molar-refractivity contribution in [2.45, 2.75) is 70.9 Å². The number of nitrogens with zero attached hydrogens (tertiary/aromatic N) is 4. The first-order valence-electron chi connectivity index (χ1n) is 15.5. The number of hydrogen-bond donors (Lipinski definition) is 2. The minimum atomic E-state index is -0.917. The van der Waals surface area contributed by atoms with Gasteiger partial charge in [-0.1, -0.05) is 13.3 Å². The van der Waals surface area contributed by atoms with Gasteiger partial charge in [-0.15, -0.1) is 0 Å². The van der Waals surface area contributed by atoms with E-state index in [0.29, 0.717) is 61.2 Å². The fraction of sp³-hybridized carbons (Fsp3) is 0.656. The smallest absolute Gasteiger partial charge is 0.308 e. The van der Waals surface area contributed by atoms with Gasteiger partial charge in [-0.3, -0.25) is 14.5 Å². The third-order valence-electron chi connectivity index (χ3n) is 8.51. The summed E-state index contributed by atoms with van der Waals surface area (Å²) in [5.74, 6) is 0.197. The minimum absolute atomic E-state index is 0.0298. The normalized spacial score (nSPS) is 20.1. The van der Waals surface area contributed by atoms with Gasteiger partial charge in [0.2, 0.25) is 12.7 Å². The Morgan fingerprint density at radius 3 is 2.56 bits per heavy atom. The lowest BCUT2D eigenvalue weighted by molar-refractivity contribution is -0.870. The van der Waals surface area contributed by atoms with Crippen LogP contribution in [-0.4, -0.2) is 108 Å². The number of quaternary nitrogens is 1. The molecule has 3 heterocycles. The van der Waals surface area contributed by atoms with Crippen LogP contribution >= 0.6 is 0 Å². The number of amides is 1. The largest absolute Gasteiger partial charge is 0.481 e. The quantitative estimate of drug-likeness (QED) is 0.220. The number of fused-ring (bicyclic) bond motifs is 1. The molecule has 3 atom stereocenters. The first-order valence-corrected chi connectivity index (χ1v) is 15.5. The first-order chi connectivity index (χ1) is 20.5. The van der Waals surface area contributed by atoms with E-state index in [1.807, 2.05) is 28.9 Å². The number of aryl methyl sites for hydroxylation is 2. The number of oxazole rings is 1. The summed E-state index contributed by atoms with van der Waals surface area (Å²) in [6, 6.07) is 3.23. The Kier molecular flexibility index (Phi) is 11.1. The summed E-state index contributed by atoms with van der Waals surface area (Å²) in [4.78, 5) is 35.0. The number of hydrogen-bond acceptors (Lipinski definition) is 8. The number of rotatable bonds is 16. The van der Waals surface area contributed by atoms with Crippen molar-refractivity contribution in [2.75, 3.05) is 60.7 Å². The lowest BCUT2D eigenvalue weighted by Gasteiger charge is -2.30. The monoisotopic (exact) mass is 601 g/mol. The van der Waals surface area contributed by atoms with Gasteiger partial charge in [0, 0.05) is 43.6 Å². The van der Waals surface area contributed by atoms with Gasteiger partial charge < -0.3 is 33.5 Å². The second kappa shape index (κ2) is 14.5. The molecule has 2 N–H and O–H groups in total. The van der Waals surface area contributed by atoms with Crippen molar-refractivity contribution in [3.8, 4) is 11.5 Å². The predicted molar refractivity (Wildman–Crippen MR) is 161 cm³/mol. The van der Waals surface area contributed by atoms with Crippen molar-refractivity contribution in [3.05, 3.63) is 41.1 Å². The van der Waals surface area contributed by atoms with Crippen molar-refractivity contribution < 1.29 is 38.2 Å². The fourth-order valence-electron chi connectivity index (χ4n) is 6.29. The molecule has 1 aromatic heterocycles.